The van der Waals surface area contributed by atoms with Crippen LogP contribution in [0.4, 0.5) is 27.1 Å². The van der Waals surface area contributed by atoms with Crippen LogP contribution in [0.1, 0.15) is 16.8 Å². The number of nitrogens with zero attached hydrogens (tertiary/aromatic N) is 2. The Morgan fingerprint density at radius 1 is 1.17 bits per heavy atom. The number of H-pyrrole nitrogens is 1. The molecule has 1 unspecified atom stereocenters. The minimum Gasteiger partial charge on any atom is -0.390 e. The average Bonchev–Trinajstić information content (AvgIpc) is 3.39. The van der Waals surface area contributed by atoms with Gasteiger partial charge in [0.05, 0.1) is 21.5 Å². The number of nitrogens with two attached hydrogens (primary N) is 1. The van der Waals surface area contributed by atoms with E-state index in [1.54, 1.807) is 25.2 Å². The molecule has 2 aromatic heterocycles. The number of rotatable bonds is 8. The minimum absolute atomic E-state index is 0.114. The second-order valence-corrected chi connectivity index (χ2v) is 9.32. The summed E-state index contributed by atoms with van der Waals surface area (Å²) in [6.45, 7) is -1.33. The number of alkyl halides is 5. The summed E-state index contributed by atoms with van der Waals surface area (Å²) in [6.07, 6.45) is -4.18. The number of aromatic amines is 1. The predicted octanol–water partition coefficient (Wildman–Crippen LogP) is 4.07. The molecule has 13 heteroatoms. The van der Waals surface area contributed by atoms with Crippen molar-refractivity contribution in [3.05, 3.63) is 69.8 Å². The lowest BCUT2D eigenvalue weighted by Gasteiger charge is -2.13. The Kier molecular flexibility index (Phi) is 6.90. The molecule has 1 atom stereocenters. The fourth-order valence-corrected chi connectivity index (χ4v) is 4.72. The van der Waals surface area contributed by atoms with Crippen molar-refractivity contribution in [1.29, 1.82) is 0 Å². The van der Waals surface area contributed by atoms with E-state index in [1.165, 1.54) is 16.7 Å². The number of aromatic nitrogens is 3. The molecule has 0 spiro atoms. The SMILES string of the molecule is Cn1c(=O)[nH]c2ccc(-c3sc(NCC(N)Cc4ccc(C(F)(F)F)cc4)nc3C(F)(F)CO)cc21. The van der Waals surface area contributed by atoms with E-state index in [9.17, 15) is 31.9 Å². The largest absolute Gasteiger partial charge is 0.416 e. The summed E-state index contributed by atoms with van der Waals surface area (Å²) in [5, 5.41) is 12.3. The molecule has 0 aliphatic rings. The first kappa shape index (κ1) is 25.8. The van der Waals surface area contributed by atoms with Gasteiger partial charge in [0.1, 0.15) is 12.3 Å². The minimum atomic E-state index is -4.43. The van der Waals surface area contributed by atoms with Crippen molar-refractivity contribution in [3.8, 4) is 10.4 Å². The summed E-state index contributed by atoms with van der Waals surface area (Å²) in [4.78, 5) is 18.6. The number of aliphatic hydroxyl groups is 1. The van der Waals surface area contributed by atoms with Crippen molar-refractivity contribution < 1.29 is 27.1 Å². The van der Waals surface area contributed by atoms with Crippen molar-refractivity contribution in [1.82, 2.24) is 14.5 Å². The predicted molar refractivity (Wildman–Crippen MR) is 127 cm³/mol. The molecule has 4 aromatic rings. The molecule has 2 aromatic carbocycles. The fraction of sp³-hybridized carbons (Fsp3) is 0.304. The van der Waals surface area contributed by atoms with E-state index in [2.05, 4.69) is 15.3 Å². The van der Waals surface area contributed by atoms with Gasteiger partial charge in [-0.1, -0.05) is 29.5 Å². The first-order valence-electron chi connectivity index (χ1n) is 10.7. The summed E-state index contributed by atoms with van der Waals surface area (Å²) in [6, 6.07) is 8.84. The van der Waals surface area contributed by atoms with Crippen LogP contribution in [0.5, 0.6) is 0 Å². The fourth-order valence-electron chi connectivity index (χ4n) is 3.70. The van der Waals surface area contributed by atoms with E-state index in [-0.39, 0.29) is 28.7 Å². The van der Waals surface area contributed by atoms with Crippen molar-refractivity contribution in [2.75, 3.05) is 18.5 Å². The van der Waals surface area contributed by atoms with Gasteiger partial charge in [0.25, 0.3) is 0 Å². The highest BCUT2D eigenvalue weighted by atomic mass is 32.1. The zero-order valence-electron chi connectivity index (χ0n) is 18.9. The molecule has 5 N–H and O–H groups in total. The second-order valence-electron chi connectivity index (χ2n) is 8.32. The summed E-state index contributed by atoms with van der Waals surface area (Å²) >= 11 is 0.938. The lowest BCUT2D eigenvalue weighted by atomic mass is 10.0. The highest BCUT2D eigenvalue weighted by Gasteiger charge is 2.37. The monoisotopic (exact) mass is 527 g/mol. The van der Waals surface area contributed by atoms with Crippen LogP contribution in [-0.2, 0) is 25.6 Å². The summed E-state index contributed by atoms with van der Waals surface area (Å²) in [5.41, 5.74) is 6.40. The summed E-state index contributed by atoms with van der Waals surface area (Å²) < 4.78 is 68.6. The number of hydrogen-bond acceptors (Lipinski definition) is 6. The molecule has 0 aliphatic carbocycles. The van der Waals surface area contributed by atoms with Crippen molar-refractivity contribution in [2.45, 2.75) is 24.6 Å². The Morgan fingerprint density at radius 3 is 2.50 bits per heavy atom. The average molecular weight is 528 g/mol. The van der Waals surface area contributed by atoms with E-state index in [4.69, 9.17) is 5.73 Å². The van der Waals surface area contributed by atoms with Crippen LogP contribution in [0.3, 0.4) is 0 Å². The second kappa shape index (κ2) is 9.64. The molecule has 2 heterocycles. The third-order valence-corrected chi connectivity index (χ3v) is 6.70. The first-order valence-corrected chi connectivity index (χ1v) is 11.6. The molecule has 4 rings (SSSR count). The number of halogens is 5. The van der Waals surface area contributed by atoms with Gasteiger partial charge in [-0.25, -0.2) is 9.78 Å². The molecular weight excluding hydrogens is 505 g/mol. The van der Waals surface area contributed by atoms with Crippen LogP contribution in [-0.4, -0.2) is 38.8 Å². The Bertz CT molecular complexity index is 1430. The number of aryl methyl sites for hydroxylation is 1. The van der Waals surface area contributed by atoms with Crippen LogP contribution < -0.4 is 16.7 Å². The lowest BCUT2D eigenvalue weighted by molar-refractivity contribution is -0.137. The van der Waals surface area contributed by atoms with Gasteiger partial charge in [0, 0.05) is 19.6 Å². The van der Waals surface area contributed by atoms with Gasteiger partial charge in [-0.3, -0.25) is 4.57 Å². The molecule has 0 aliphatic heterocycles. The lowest BCUT2D eigenvalue weighted by Crippen LogP contribution is -2.31. The zero-order chi connectivity index (χ0) is 26.3. The number of anilines is 1. The van der Waals surface area contributed by atoms with Crippen LogP contribution in [0.25, 0.3) is 21.5 Å². The number of benzene rings is 2. The Labute approximate surface area is 205 Å². The number of hydrogen-bond donors (Lipinski definition) is 4. The maximum atomic E-state index is 14.5. The maximum Gasteiger partial charge on any atom is 0.416 e. The normalized spacial score (nSPS) is 13.3. The van der Waals surface area contributed by atoms with Gasteiger partial charge >= 0.3 is 17.8 Å². The maximum absolute atomic E-state index is 14.5. The Morgan fingerprint density at radius 2 is 1.86 bits per heavy atom. The summed E-state index contributed by atoms with van der Waals surface area (Å²) in [7, 11) is 1.55. The molecule has 0 bridgehead atoms. The summed E-state index contributed by atoms with van der Waals surface area (Å²) in [5.74, 6) is -3.62. The molecule has 7 nitrogen and oxygen atoms in total. The van der Waals surface area contributed by atoms with E-state index in [0.717, 1.165) is 23.5 Å². The van der Waals surface area contributed by atoms with Crippen molar-refractivity contribution in [3.63, 3.8) is 0 Å². The molecular formula is C23H22F5N5O2S. The van der Waals surface area contributed by atoms with Crippen LogP contribution >= 0.6 is 11.3 Å². The topological polar surface area (TPSA) is 109 Å². The molecule has 0 saturated carbocycles. The molecule has 36 heavy (non-hydrogen) atoms. The van der Waals surface area contributed by atoms with Crippen LogP contribution in [0.15, 0.2) is 47.3 Å². The quantitative estimate of drug-likeness (QED) is 0.258. The third-order valence-electron chi connectivity index (χ3n) is 5.63. The van der Waals surface area contributed by atoms with Crippen molar-refractivity contribution in [2.24, 2.45) is 12.8 Å². The number of fused-ring (bicyclic) bond motifs is 1. The number of nitrogens with one attached hydrogen (secondary N) is 2. The molecule has 0 radical (unpaired) electrons. The number of imidazole rings is 1. The first-order chi connectivity index (χ1) is 16.9. The van der Waals surface area contributed by atoms with Gasteiger partial charge in [-0.2, -0.15) is 22.0 Å². The van der Waals surface area contributed by atoms with Crippen LogP contribution in [0, 0.1) is 0 Å². The zero-order valence-corrected chi connectivity index (χ0v) is 19.7. The van der Waals surface area contributed by atoms with Gasteiger partial charge < -0.3 is 21.1 Å². The molecule has 0 saturated heterocycles. The number of thiazole rings is 1. The van der Waals surface area contributed by atoms with E-state index >= 15 is 0 Å². The van der Waals surface area contributed by atoms with E-state index < -0.39 is 36.0 Å². The smallest absolute Gasteiger partial charge is 0.390 e. The van der Waals surface area contributed by atoms with Gasteiger partial charge in [-0.05, 0) is 41.8 Å². The number of aliphatic hydroxyl groups excluding tert-OH is 1. The van der Waals surface area contributed by atoms with Crippen molar-refractivity contribution >= 4 is 27.5 Å². The third kappa shape index (κ3) is 5.27. The Hall–Kier alpha value is -3.29. The molecule has 192 valence electrons. The highest BCUT2D eigenvalue weighted by Crippen LogP contribution is 2.41. The van der Waals surface area contributed by atoms with E-state index in [1.807, 2.05) is 0 Å². The highest BCUT2D eigenvalue weighted by molar-refractivity contribution is 7.19. The van der Waals surface area contributed by atoms with Gasteiger partial charge in [-0.15, -0.1) is 0 Å². The van der Waals surface area contributed by atoms with Crippen LogP contribution in [0.2, 0.25) is 0 Å². The Balaban J connectivity index is 1.54. The van der Waals surface area contributed by atoms with Gasteiger partial charge in [0.15, 0.2) is 5.13 Å². The van der Waals surface area contributed by atoms with E-state index in [0.29, 0.717) is 22.2 Å². The molecule has 0 amide bonds. The van der Waals surface area contributed by atoms with Gasteiger partial charge in [0.2, 0.25) is 0 Å². The molecule has 0 fully saturated rings. The standard InChI is InChI=1S/C23H22F5N5O2S/c1-33-17-9-13(4-7-16(17)31-21(33)35)18-19(22(24,25)11-34)32-20(36-18)30-10-15(29)8-12-2-5-14(6-3-12)23(26,27)28/h2-7,9,15,34H,8,10-11,29H2,1H3,(H,30,32)(H,31,35).